The Morgan fingerprint density at radius 2 is 2.03 bits per heavy atom. The number of nitrogens with one attached hydrogen (secondary N) is 1. The van der Waals surface area contributed by atoms with Crippen molar-refractivity contribution in [3.63, 3.8) is 0 Å². The van der Waals surface area contributed by atoms with Crippen LogP contribution in [0.25, 0.3) is 22.0 Å². The van der Waals surface area contributed by atoms with E-state index in [0.29, 0.717) is 48.6 Å². The second-order valence-electron chi connectivity index (χ2n) is 9.35. The Balaban J connectivity index is 1.68. The zero-order valence-corrected chi connectivity index (χ0v) is 21.5. The van der Waals surface area contributed by atoms with Gasteiger partial charge in [0.15, 0.2) is 5.82 Å². The molecule has 9 heteroatoms. The number of fused-ring (bicyclic) bond motifs is 5. The highest BCUT2D eigenvalue weighted by atomic mass is 127. The maximum Gasteiger partial charge on any atom is 0.226 e. The maximum atomic E-state index is 16.3. The van der Waals surface area contributed by atoms with Gasteiger partial charge in [0.1, 0.15) is 17.6 Å². The molecule has 4 atom stereocenters. The molecule has 3 aliphatic rings. The molecule has 3 aliphatic heterocycles. The lowest BCUT2D eigenvalue weighted by Gasteiger charge is -2.43. The Labute approximate surface area is 210 Å². The van der Waals surface area contributed by atoms with Gasteiger partial charge in [0.25, 0.3) is 0 Å². The highest BCUT2D eigenvalue weighted by Gasteiger charge is 2.46. The van der Waals surface area contributed by atoms with E-state index < -0.39 is 5.82 Å². The average Bonchev–Trinajstić information content (AvgIpc) is 3.09. The van der Waals surface area contributed by atoms with E-state index in [0.717, 1.165) is 36.5 Å². The summed E-state index contributed by atoms with van der Waals surface area (Å²) in [6.07, 6.45) is 2.08. The molecule has 0 amide bonds. The monoisotopic (exact) mass is 579 g/mol. The van der Waals surface area contributed by atoms with Crippen LogP contribution in [-0.4, -0.2) is 40.7 Å². The molecule has 1 aromatic carbocycles. The van der Waals surface area contributed by atoms with Crippen LogP contribution in [0.1, 0.15) is 31.0 Å². The first-order valence-corrected chi connectivity index (χ1v) is 12.6. The third kappa shape index (κ3) is 3.13. The first-order valence-electron chi connectivity index (χ1n) is 11.2. The molecule has 33 heavy (non-hydrogen) atoms. The smallest absolute Gasteiger partial charge is 0.226 e. The summed E-state index contributed by atoms with van der Waals surface area (Å²) in [4.78, 5) is 12.0. The van der Waals surface area contributed by atoms with Crippen LogP contribution in [0.5, 0.6) is 5.88 Å². The van der Waals surface area contributed by atoms with Crippen molar-refractivity contribution in [3.05, 3.63) is 37.8 Å². The molecule has 172 valence electrons. The molecule has 0 radical (unpaired) electrons. The molecule has 3 N–H and O–H groups in total. The van der Waals surface area contributed by atoms with E-state index in [1.807, 2.05) is 13.8 Å². The standard InChI is InChI=1S/C24H24ClFIN5O/c1-9-10(2)29-23-18-17(9)19(26)21(14-6-12(28)7-15(25)20(14)27)31-24(18)33-11(3)22-16-5-4-13(30-16)8-32(22)23/h6-7,11,13,16,22,30H,4-5,8,28H2,1-3H3/t11-,13+,16-,22+/m0/s1. The van der Waals surface area contributed by atoms with Gasteiger partial charge in [0, 0.05) is 44.5 Å². The first-order chi connectivity index (χ1) is 15.7. The number of nitrogens with zero attached hydrogens (tertiary/aromatic N) is 3. The van der Waals surface area contributed by atoms with E-state index >= 15 is 4.39 Å². The second-order valence-corrected chi connectivity index (χ2v) is 10.8. The summed E-state index contributed by atoms with van der Waals surface area (Å²) in [7, 11) is 0. The summed E-state index contributed by atoms with van der Waals surface area (Å²) < 4.78 is 23.5. The summed E-state index contributed by atoms with van der Waals surface area (Å²) in [5.74, 6) is 0.790. The van der Waals surface area contributed by atoms with Gasteiger partial charge >= 0.3 is 0 Å². The van der Waals surface area contributed by atoms with Crippen molar-refractivity contribution in [1.29, 1.82) is 0 Å². The Bertz CT molecular complexity index is 1330. The normalized spacial score (nSPS) is 25.7. The largest absolute Gasteiger partial charge is 0.472 e. The van der Waals surface area contributed by atoms with Crippen molar-refractivity contribution < 1.29 is 9.13 Å². The maximum absolute atomic E-state index is 16.3. The van der Waals surface area contributed by atoms with Crippen LogP contribution < -0.4 is 20.7 Å². The van der Waals surface area contributed by atoms with Crippen LogP contribution in [0.3, 0.4) is 0 Å². The van der Waals surface area contributed by atoms with Crippen molar-refractivity contribution in [1.82, 2.24) is 15.3 Å². The van der Waals surface area contributed by atoms with E-state index in [4.69, 9.17) is 32.0 Å². The second kappa shape index (κ2) is 7.55. The van der Waals surface area contributed by atoms with Crippen LogP contribution in [0.4, 0.5) is 15.9 Å². The van der Waals surface area contributed by atoms with Gasteiger partial charge in [0.05, 0.1) is 16.5 Å². The van der Waals surface area contributed by atoms with Gasteiger partial charge in [-0.25, -0.2) is 14.4 Å². The number of piperazine rings is 1. The predicted octanol–water partition coefficient (Wildman–Crippen LogP) is 4.98. The Morgan fingerprint density at radius 3 is 2.82 bits per heavy atom. The number of halogens is 3. The number of hydrogen-bond acceptors (Lipinski definition) is 6. The number of ether oxygens (including phenoxy) is 1. The fourth-order valence-electron chi connectivity index (χ4n) is 5.73. The molecule has 2 aromatic heterocycles. The van der Waals surface area contributed by atoms with Crippen LogP contribution in [0.15, 0.2) is 12.1 Å². The van der Waals surface area contributed by atoms with Gasteiger partial charge in [-0.15, -0.1) is 0 Å². The third-order valence-corrected chi connectivity index (χ3v) is 9.12. The van der Waals surface area contributed by atoms with E-state index in [1.165, 1.54) is 0 Å². The summed E-state index contributed by atoms with van der Waals surface area (Å²) in [5.41, 5.74) is 8.86. The van der Waals surface area contributed by atoms with Crippen molar-refractivity contribution in [2.24, 2.45) is 0 Å². The van der Waals surface area contributed by atoms with Crippen LogP contribution in [0, 0.1) is 23.2 Å². The molecule has 0 saturated carbocycles. The van der Waals surface area contributed by atoms with E-state index in [-0.39, 0.29) is 17.8 Å². The molecule has 0 aliphatic carbocycles. The molecule has 2 bridgehead atoms. The number of benzene rings is 1. The number of rotatable bonds is 1. The van der Waals surface area contributed by atoms with Crippen molar-refractivity contribution in [3.8, 4) is 17.1 Å². The molecule has 2 saturated heterocycles. The quantitative estimate of drug-likeness (QED) is 0.313. The van der Waals surface area contributed by atoms with Crippen LogP contribution >= 0.6 is 34.2 Å². The lowest BCUT2D eigenvalue weighted by molar-refractivity contribution is 0.155. The zero-order chi connectivity index (χ0) is 23.2. The molecular formula is C24H24ClFIN5O. The van der Waals surface area contributed by atoms with E-state index in [9.17, 15) is 0 Å². The summed E-state index contributed by atoms with van der Waals surface area (Å²) in [5, 5.41) is 5.35. The number of aryl methyl sites for hydroxylation is 2. The minimum atomic E-state index is -0.398. The third-order valence-electron chi connectivity index (χ3n) is 7.34. The van der Waals surface area contributed by atoms with Crippen molar-refractivity contribution in [2.45, 2.75) is 57.8 Å². The first kappa shape index (κ1) is 21.6. The Hall–Kier alpha value is -1.91. The molecule has 2 fully saturated rings. The lowest BCUT2D eigenvalue weighted by atomic mass is 9.98. The van der Waals surface area contributed by atoms with Gasteiger partial charge in [-0.2, -0.15) is 0 Å². The summed E-state index contributed by atoms with van der Waals surface area (Å²) in [6.45, 7) is 6.74. The van der Waals surface area contributed by atoms with Gasteiger partial charge < -0.3 is 20.7 Å². The fraction of sp³-hybridized carbons (Fsp3) is 0.417. The Morgan fingerprint density at radius 1 is 1.24 bits per heavy atom. The minimum absolute atomic E-state index is 0.101. The van der Waals surface area contributed by atoms with Gasteiger partial charge in [-0.1, -0.05) is 11.6 Å². The molecular weight excluding hydrogens is 556 g/mol. The van der Waals surface area contributed by atoms with Gasteiger partial charge in [-0.05, 0) is 73.9 Å². The highest BCUT2D eigenvalue weighted by Crippen LogP contribution is 2.46. The SMILES string of the molecule is Cc1nc2c3c(nc(-c4cc(N)cc(Cl)c4I)c(F)c3c1C)O[C@@H](C)[C@@H]1[C@@H]3CC[C@H](CN21)N3. The molecule has 0 spiro atoms. The molecule has 3 aromatic rings. The number of hydrogen-bond donors (Lipinski definition) is 2. The molecule has 6 nitrogen and oxygen atoms in total. The minimum Gasteiger partial charge on any atom is -0.472 e. The van der Waals surface area contributed by atoms with Gasteiger partial charge in [0.2, 0.25) is 5.88 Å². The number of nitrogen functional groups attached to an aromatic ring is 1. The Kier molecular flexibility index (Phi) is 4.94. The predicted molar refractivity (Wildman–Crippen MR) is 138 cm³/mol. The lowest BCUT2D eigenvalue weighted by Crippen LogP contribution is -2.62. The van der Waals surface area contributed by atoms with Gasteiger partial charge in [-0.3, -0.25) is 0 Å². The summed E-state index contributed by atoms with van der Waals surface area (Å²) in [6, 6.07) is 4.20. The van der Waals surface area contributed by atoms with Crippen LogP contribution in [0.2, 0.25) is 5.02 Å². The molecule has 0 unspecified atom stereocenters. The number of pyridine rings is 2. The summed E-state index contributed by atoms with van der Waals surface area (Å²) >= 11 is 8.49. The number of aromatic nitrogens is 2. The van der Waals surface area contributed by atoms with Crippen molar-refractivity contribution in [2.75, 3.05) is 17.2 Å². The zero-order valence-electron chi connectivity index (χ0n) is 18.5. The molecule has 6 rings (SSSR count). The number of nitrogens with two attached hydrogens (primary N) is 1. The average molecular weight is 580 g/mol. The van der Waals surface area contributed by atoms with E-state index in [2.05, 4.69) is 39.7 Å². The van der Waals surface area contributed by atoms with Crippen LogP contribution in [-0.2, 0) is 0 Å². The highest BCUT2D eigenvalue weighted by molar-refractivity contribution is 14.1. The fourth-order valence-corrected chi connectivity index (χ4v) is 6.52. The topological polar surface area (TPSA) is 76.3 Å². The van der Waals surface area contributed by atoms with Crippen molar-refractivity contribution >= 4 is 56.5 Å². The number of anilines is 2. The molecule has 5 heterocycles. The van der Waals surface area contributed by atoms with E-state index in [1.54, 1.807) is 12.1 Å².